The quantitative estimate of drug-likeness (QED) is 0.794. The number of ketones is 1. The zero-order valence-corrected chi connectivity index (χ0v) is 10.8. The second-order valence-electron chi connectivity index (χ2n) is 3.06. The molecule has 0 saturated carbocycles. The minimum absolute atomic E-state index is 0.0752. The third kappa shape index (κ3) is 4.91. The maximum atomic E-state index is 11.8. The molecule has 3 nitrogen and oxygen atoms in total. The number of carbonyl (C=O) groups is 1. The first-order valence-electron chi connectivity index (χ1n) is 5.68. The second-order valence-corrected chi connectivity index (χ2v) is 3.06. The van der Waals surface area contributed by atoms with Gasteiger partial charge in [-0.05, 0) is 14.1 Å². The van der Waals surface area contributed by atoms with Gasteiger partial charge in [0.15, 0.2) is 5.78 Å². The molecule has 2 rings (SSSR count). The molecule has 0 radical (unpaired) electrons. The van der Waals surface area contributed by atoms with Gasteiger partial charge in [-0.15, -0.1) is 0 Å². The lowest BCUT2D eigenvalue weighted by atomic mass is 10.0. The van der Waals surface area contributed by atoms with Crippen LogP contribution in [0.5, 0.6) is 0 Å². The number of carbonyl (C=O) groups excluding carboxylic acids is 1. The minimum Gasteiger partial charge on any atom is -0.333 e. The molecule has 0 unspecified atom stereocenters. The summed E-state index contributed by atoms with van der Waals surface area (Å²) in [5.74, 6) is 0.0752. The normalized spacial score (nSPS) is 8.22. The molecule has 0 spiro atoms. The Bertz CT molecular complexity index is 385. The Kier molecular flexibility index (Phi) is 9.08. The average Bonchev–Trinajstić information content (AvgIpc) is 2.52. The van der Waals surface area contributed by atoms with E-state index in [0.717, 1.165) is 11.1 Å². The van der Waals surface area contributed by atoms with Crippen LogP contribution in [0.3, 0.4) is 0 Å². The van der Waals surface area contributed by atoms with E-state index in [2.05, 4.69) is 11.5 Å². The van der Waals surface area contributed by atoms with E-state index in [1.54, 1.807) is 0 Å². The summed E-state index contributed by atoms with van der Waals surface area (Å²) in [6.07, 6.45) is 0. The summed E-state index contributed by atoms with van der Waals surface area (Å²) < 4.78 is 0. The van der Waals surface area contributed by atoms with E-state index in [-0.39, 0.29) is 5.78 Å². The van der Waals surface area contributed by atoms with Crippen molar-refractivity contribution in [2.75, 3.05) is 14.1 Å². The van der Waals surface area contributed by atoms with Crippen LogP contribution in [0.1, 0.15) is 15.9 Å². The molecule has 18 heavy (non-hydrogen) atoms. The van der Waals surface area contributed by atoms with E-state index < -0.39 is 0 Å². The third-order valence-corrected chi connectivity index (χ3v) is 2.07. The number of benzene rings is 2. The Labute approximate surface area is 108 Å². The highest BCUT2D eigenvalue weighted by molar-refractivity contribution is 6.08. The van der Waals surface area contributed by atoms with Crippen LogP contribution in [0, 0.1) is 0 Å². The molecule has 0 amide bonds. The third-order valence-electron chi connectivity index (χ3n) is 2.07. The van der Waals surface area contributed by atoms with E-state index in [0.29, 0.717) is 0 Å². The first-order chi connectivity index (χ1) is 8.88. The number of hydrogen-bond donors (Lipinski definition) is 2. The van der Waals surface area contributed by atoms with Gasteiger partial charge in [0.25, 0.3) is 0 Å². The van der Waals surface area contributed by atoms with E-state index in [1.807, 2.05) is 60.7 Å². The van der Waals surface area contributed by atoms with Crippen LogP contribution in [0.4, 0.5) is 0 Å². The van der Waals surface area contributed by atoms with Crippen LogP contribution >= 0.6 is 0 Å². The van der Waals surface area contributed by atoms with Crippen LogP contribution in [-0.2, 0) is 0 Å². The van der Waals surface area contributed by atoms with Crippen LogP contribution in [-0.4, -0.2) is 19.9 Å². The molecule has 2 aromatic carbocycles. The van der Waals surface area contributed by atoms with Crippen molar-refractivity contribution in [3.05, 3.63) is 71.8 Å². The van der Waals surface area contributed by atoms with Gasteiger partial charge in [-0.1, -0.05) is 60.7 Å². The smallest absolute Gasteiger partial charge is 0.193 e. The Morgan fingerprint density at radius 1 is 0.667 bits per heavy atom. The molecule has 4 N–H and O–H groups in total. The van der Waals surface area contributed by atoms with Gasteiger partial charge in [0.1, 0.15) is 0 Å². The second kappa shape index (κ2) is 10.2. The standard InChI is InChI=1S/C13H10O.2CH5N/c14-13(11-7-3-1-4-8-11)12-9-5-2-6-10-12;2*1-2/h1-10H;2*2H2,1H3. The Morgan fingerprint density at radius 2 is 0.944 bits per heavy atom. The minimum atomic E-state index is 0.0752. The van der Waals surface area contributed by atoms with Crippen molar-refractivity contribution in [1.82, 2.24) is 0 Å². The van der Waals surface area contributed by atoms with E-state index in [4.69, 9.17) is 0 Å². The summed E-state index contributed by atoms with van der Waals surface area (Å²) >= 11 is 0. The highest BCUT2D eigenvalue weighted by Crippen LogP contribution is 2.08. The monoisotopic (exact) mass is 244 g/mol. The first kappa shape index (κ1) is 16.0. The molecule has 0 aromatic heterocycles. The Hall–Kier alpha value is -1.97. The summed E-state index contributed by atoms with van der Waals surface area (Å²) in [7, 11) is 3.00. The highest BCUT2D eigenvalue weighted by atomic mass is 16.1. The van der Waals surface area contributed by atoms with E-state index in [1.165, 1.54) is 14.1 Å². The predicted octanol–water partition coefficient (Wildman–Crippen LogP) is 2.07. The molecule has 0 saturated heterocycles. The van der Waals surface area contributed by atoms with Gasteiger partial charge in [-0.25, -0.2) is 0 Å². The molecule has 3 heteroatoms. The number of nitrogens with two attached hydrogens (primary N) is 2. The molecule has 2 aromatic rings. The lowest BCUT2D eigenvalue weighted by molar-refractivity contribution is 0.103. The SMILES string of the molecule is CN.CN.O=C(c1ccccc1)c1ccccc1. The zero-order chi connectivity index (χ0) is 13.8. The largest absolute Gasteiger partial charge is 0.333 e. The van der Waals surface area contributed by atoms with Crippen molar-refractivity contribution in [3.8, 4) is 0 Å². The summed E-state index contributed by atoms with van der Waals surface area (Å²) in [6.45, 7) is 0. The summed E-state index contributed by atoms with van der Waals surface area (Å²) in [6, 6.07) is 18.6. The van der Waals surface area contributed by atoms with Crippen molar-refractivity contribution in [1.29, 1.82) is 0 Å². The zero-order valence-electron chi connectivity index (χ0n) is 10.8. The molecular formula is C15H20N2O. The van der Waals surface area contributed by atoms with Crippen molar-refractivity contribution < 1.29 is 4.79 Å². The van der Waals surface area contributed by atoms with Crippen LogP contribution in [0.25, 0.3) is 0 Å². The van der Waals surface area contributed by atoms with Crippen LogP contribution in [0.2, 0.25) is 0 Å². The van der Waals surface area contributed by atoms with Gasteiger partial charge in [-0.2, -0.15) is 0 Å². The van der Waals surface area contributed by atoms with Crippen molar-refractivity contribution in [2.24, 2.45) is 11.5 Å². The fraction of sp³-hybridized carbons (Fsp3) is 0.133. The lowest BCUT2D eigenvalue weighted by Gasteiger charge is -1.99. The first-order valence-corrected chi connectivity index (χ1v) is 5.68. The fourth-order valence-electron chi connectivity index (χ4n) is 1.35. The molecule has 0 aliphatic heterocycles. The van der Waals surface area contributed by atoms with Gasteiger partial charge >= 0.3 is 0 Å². The molecule has 0 atom stereocenters. The average molecular weight is 244 g/mol. The summed E-state index contributed by atoms with van der Waals surface area (Å²) in [5, 5.41) is 0. The highest BCUT2D eigenvalue weighted by Gasteiger charge is 2.06. The Balaban J connectivity index is 0.000000659. The molecule has 0 aliphatic rings. The van der Waals surface area contributed by atoms with Crippen molar-refractivity contribution >= 4 is 5.78 Å². The maximum Gasteiger partial charge on any atom is 0.193 e. The van der Waals surface area contributed by atoms with Crippen molar-refractivity contribution in [2.45, 2.75) is 0 Å². The molecule has 0 heterocycles. The van der Waals surface area contributed by atoms with Crippen LogP contribution < -0.4 is 11.5 Å². The van der Waals surface area contributed by atoms with Gasteiger partial charge in [0.05, 0.1) is 0 Å². The van der Waals surface area contributed by atoms with Crippen LogP contribution in [0.15, 0.2) is 60.7 Å². The van der Waals surface area contributed by atoms with E-state index in [9.17, 15) is 4.79 Å². The molecule has 0 fully saturated rings. The maximum absolute atomic E-state index is 11.8. The van der Waals surface area contributed by atoms with Gasteiger partial charge in [-0.3, -0.25) is 4.79 Å². The van der Waals surface area contributed by atoms with Gasteiger partial charge < -0.3 is 11.5 Å². The fourth-order valence-corrected chi connectivity index (χ4v) is 1.35. The molecule has 96 valence electrons. The van der Waals surface area contributed by atoms with E-state index >= 15 is 0 Å². The predicted molar refractivity (Wildman–Crippen MR) is 76.5 cm³/mol. The topological polar surface area (TPSA) is 69.1 Å². The van der Waals surface area contributed by atoms with Gasteiger partial charge in [0, 0.05) is 11.1 Å². The van der Waals surface area contributed by atoms with Crippen molar-refractivity contribution in [3.63, 3.8) is 0 Å². The summed E-state index contributed by atoms with van der Waals surface area (Å²) in [4.78, 5) is 11.8. The lowest BCUT2D eigenvalue weighted by Crippen LogP contribution is -1.99. The molecule has 0 bridgehead atoms. The number of rotatable bonds is 2. The molecule has 0 aliphatic carbocycles. The Morgan fingerprint density at radius 3 is 1.22 bits per heavy atom. The van der Waals surface area contributed by atoms with Gasteiger partial charge in [0.2, 0.25) is 0 Å². The number of hydrogen-bond acceptors (Lipinski definition) is 3. The summed E-state index contributed by atoms with van der Waals surface area (Å²) in [5.41, 5.74) is 10.5. The molecular weight excluding hydrogens is 224 g/mol.